The Morgan fingerprint density at radius 2 is 1.72 bits per heavy atom. The highest BCUT2D eigenvalue weighted by atomic mass is 19.4. The molecule has 0 aliphatic heterocycles. The number of hydrogen-bond donors (Lipinski definition) is 2. The molecule has 2 rings (SSSR count). The van der Waals surface area contributed by atoms with E-state index in [4.69, 9.17) is 4.42 Å². The Hall–Kier alpha value is -2.60. The number of carbonyl (C=O) groups excluding carboxylic acids is 2. The van der Waals surface area contributed by atoms with Gasteiger partial charge in [0.05, 0.1) is 5.71 Å². The highest BCUT2D eigenvalue weighted by Gasteiger charge is 2.76. The number of hydrazone groups is 1. The monoisotopic (exact) mass is 473 g/mol. The Balaban J connectivity index is 2.25. The summed E-state index contributed by atoms with van der Waals surface area (Å²) < 4.78 is 95.3. The average Bonchev–Trinajstić information content (AvgIpc) is 3.02. The molecular weight excluding hydrogens is 451 g/mol. The Bertz CT molecular complexity index is 905. The molecule has 13 heteroatoms. The summed E-state index contributed by atoms with van der Waals surface area (Å²) in [6.07, 6.45) is -5.13. The van der Waals surface area contributed by atoms with Gasteiger partial charge in [-0.25, -0.2) is 5.43 Å². The summed E-state index contributed by atoms with van der Waals surface area (Å²) in [6.45, 7) is 5.79. The van der Waals surface area contributed by atoms with Gasteiger partial charge in [0.2, 0.25) is 0 Å². The van der Waals surface area contributed by atoms with Crippen molar-refractivity contribution < 1.29 is 44.7 Å². The van der Waals surface area contributed by atoms with Gasteiger partial charge in [-0.3, -0.25) is 9.59 Å². The average molecular weight is 473 g/mol. The summed E-state index contributed by atoms with van der Waals surface area (Å²) in [6, 6.07) is 0. The lowest BCUT2D eigenvalue weighted by atomic mass is 9.93. The first-order valence-electron chi connectivity index (χ1n) is 9.71. The standard InChI is InChI=1S/C19H22F7N3O3/c1-9(2)7-8-27-15(30)14-10(3)13-11(5-4-6-12(13)32-14)28-29-16(31)17(20,21)18(22,23)19(24,25)26/h9H,4-8H2,1-3H3,(H,27,30)(H,29,31)/b28-11+. The van der Waals surface area contributed by atoms with Crippen LogP contribution in [0.3, 0.4) is 0 Å². The second kappa shape index (κ2) is 9.10. The maximum Gasteiger partial charge on any atom is 0.460 e. The molecule has 1 aromatic heterocycles. The van der Waals surface area contributed by atoms with Crippen molar-refractivity contribution in [2.45, 2.75) is 64.5 Å². The van der Waals surface area contributed by atoms with Gasteiger partial charge in [-0.05, 0) is 32.1 Å². The molecule has 0 spiro atoms. The van der Waals surface area contributed by atoms with Gasteiger partial charge in [0.25, 0.3) is 5.91 Å². The van der Waals surface area contributed by atoms with Crippen molar-refractivity contribution in [2.75, 3.05) is 6.54 Å². The van der Waals surface area contributed by atoms with Crippen molar-refractivity contribution in [1.82, 2.24) is 10.7 Å². The molecule has 1 heterocycles. The number of nitrogens with one attached hydrogen (secondary N) is 2. The molecule has 1 aliphatic carbocycles. The van der Waals surface area contributed by atoms with Crippen molar-refractivity contribution in [3.8, 4) is 0 Å². The second-order valence-electron chi connectivity index (χ2n) is 7.79. The highest BCUT2D eigenvalue weighted by molar-refractivity contribution is 6.06. The smallest absolute Gasteiger partial charge is 0.455 e. The molecule has 2 amide bonds. The molecule has 32 heavy (non-hydrogen) atoms. The Kier molecular flexibility index (Phi) is 7.30. The molecule has 180 valence electrons. The first kappa shape index (κ1) is 25.7. The van der Waals surface area contributed by atoms with E-state index in [1.54, 1.807) is 0 Å². The van der Waals surface area contributed by atoms with Crippen molar-refractivity contribution in [2.24, 2.45) is 11.0 Å². The number of fused-ring (bicyclic) bond motifs is 1. The van der Waals surface area contributed by atoms with Crippen LogP contribution >= 0.6 is 0 Å². The zero-order chi connectivity index (χ0) is 24.5. The molecule has 6 nitrogen and oxygen atoms in total. The van der Waals surface area contributed by atoms with E-state index in [0.29, 0.717) is 31.7 Å². The van der Waals surface area contributed by atoms with Crippen LogP contribution in [-0.2, 0) is 11.2 Å². The van der Waals surface area contributed by atoms with Gasteiger partial charge in [-0.2, -0.15) is 35.8 Å². The van der Waals surface area contributed by atoms with Gasteiger partial charge >= 0.3 is 23.9 Å². The summed E-state index contributed by atoms with van der Waals surface area (Å²) in [5.41, 5.74) is 1.52. The summed E-state index contributed by atoms with van der Waals surface area (Å²) in [4.78, 5) is 23.8. The molecule has 0 saturated carbocycles. The van der Waals surface area contributed by atoms with E-state index in [1.165, 1.54) is 6.92 Å². The van der Waals surface area contributed by atoms with Gasteiger partial charge in [0.1, 0.15) is 5.76 Å². The highest BCUT2D eigenvalue weighted by Crippen LogP contribution is 2.46. The fourth-order valence-electron chi connectivity index (χ4n) is 3.06. The van der Waals surface area contributed by atoms with Crippen LogP contribution in [0.2, 0.25) is 0 Å². The van der Waals surface area contributed by atoms with Crippen LogP contribution in [0.1, 0.15) is 60.6 Å². The van der Waals surface area contributed by atoms with Crippen molar-refractivity contribution in [1.29, 1.82) is 0 Å². The van der Waals surface area contributed by atoms with E-state index in [2.05, 4.69) is 10.4 Å². The van der Waals surface area contributed by atoms with Crippen LogP contribution in [0.15, 0.2) is 9.52 Å². The maximum absolute atomic E-state index is 13.5. The molecule has 0 radical (unpaired) electrons. The van der Waals surface area contributed by atoms with E-state index in [1.807, 2.05) is 13.8 Å². The Morgan fingerprint density at radius 1 is 1.09 bits per heavy atom. The van der Waals surface area contributed by atoms with Crippen LogP contribution in [0.4, 0.5) is 30.7 Å². The fraction of sp³-hybridized carbons (Fsp3) is 0.632. The van der Waals surface area contributed by atoms with Gasteiger partial charge in [0, 0.05) is 24.1 Å². The number of aryl methyl sites for hydroxylation is 1. The predicted octanol–water partition coefficient (Wildman–Crippen LogP) is 4.35. The number of rotatable bonds is 7. The fourth-order valence-corrected chi connectivity index (χ4v) is 3.06. The molecule has 1 aliphatic rings. The third-order valence-corrected chi connectivity index (χ3v) is 4.87. The van der Waals surface area contributed by atoms with Gasteiger partial charge < -0.3 is 9.73 Å². The lowest BCUT2D eigenvalue weighted by Gasteiger charge is -2.26. The minimum Gasteiger partial charge on any atom is -0.455 e. The Morgan fingerprint density at radius 3 is 2.28 bits per heavy atom. The van der Waals surface area contributed by atoms with Crippen LogP contribution in [-0.4, -0.2) is 42.1 Å². The molecule has 0 bridgehead atoms. The molecule has 0 atom stereocenters. The SMILES string of the molecule is Cc1c(C(=O)NCCC(C)C)oc2c1/C(=N/NC(=O)C(F)(F)C(F)(F)C(F)(F)F)CCC2. The topological polar surface area (TPSA) is 83.7 Å². The largest absolute Gasteiger partial charge is 0.460 e. The van der Waals surface area contributed by atoms with Crippen LogP contribution < -0.4 is 10.7 Å². The molecule has 0 saturated heterocycles. The molecule has 2 N–H and O–H groups in total. The lowest BCUT2D eigenvalue weighted by molar-refractivity contribution is -0.344. The minimum absolute atomic E-state index is 0.0615. The zero-order valence-corrected chi connectivity index (χ0v) is 17.4. The molecule has 0 unspecified atom stereocenters. The number of carbonyl (C=O) groups is 2. The lowest BCUT2D eigenvalue weighted by Crippen LogP contribution is -2.58. The summed E-state index contributed by atoms with van der Waals surface area (Å²) in [5, 5.41) is 6.01. The maximum atomic E-state index is 13.5. The summed E-state index contributed by atoms with van der Waals surface area (Å²) in [7, 11) is 0. The van der Waals surface area contributed by atoms with Crippen molar-refractivity contribution in [3.05, 3.63) is 22.6 Å². The van der Waals surface area contributed by atoms with E-state index >= 15 is 0 Å². The molecule has 0 fully saturated rings. The van der Waals surface area contributed by atoms with Gasteiger partial charge in [-0.15, -0.1) is 0 Å². The quantitative estimate of drug-likeness (QED) is 0.456. The number of halogens is 7. The number of amides is 2. The number of alkyl halides is 7. The van der Waals surface area contributed by atoms with Crippen LogP contribution in [0.25, 0.3) is 0 Å². The Labute approximate surface area is 178 Å². The van der Waals surface area contributed by atoms with Crippen molar-refractivity contribution >= 4 is 17.5 Å². The predicted molar refractivity (Wildman–Crippen MR) is 98.8 cm³/mol. The number of nitrogens with zero attached hydrogens (tertiary/aromatic N) is 1. The van der Waals surface area contributed by atoms with Crippen LogP contribution in [0.5, 0.6) is 0 Å². The third kappa shape index (κ3) is 4.90. The van der Waals surface area contributed by atoms with Crippen LogP contribution in [0, 0.1) is 12.8 Å². The van der Waals surface area contributed by atoms with E-state index in [0.717, 1.165) is 5.43 Å². The summed E-state index contributed by atoms with van der Waals surface area (Å²) in [5.74, 6) is -15.6. The van der Waals surface area contributed by atoms with Crippen molar-refractivity contribution in [3.63, 3.8) is 0 Å². The molecular formula is C19H22F7N3O3. The minimum atomic E-state index is -6.64. The summed E-state index contributed by atoms with van der Waals surface area (Å²) >= 11 is 0. The number of furan rings is 1. The zero-order valence-electron chi connectivity index (χ0n) is 17.4. The van der Waals surface area contributed by atoms with E-state index in [-0.39, 0.29) is 34.8 Å². The number of hydrogen-bond acceptors (Lipinski definition) is 4. The van der Waals surface area contributed by atoms with E-state index in [9.17, 15) is 40.3 Å². The first-order valence-corrected chi connectivity index (χ1v) is 9.71. The van der Waals surface area contributed by atoms with E-state index < -0.39 is 29.8 Å². The third-order valence-electron chi connectivity index (χ3n) is 4.87. The molecule has 1 aromatic rings. The molecule has 0 aromatic carbocycles. The second-order valence-corrected chi connectivity index (χ2v) is 7.79. The first-order chi connectivity index (χ1) is 14.6. The normalized spacial score (nSPS) is 16.3. The van der Waals surface area contributed by atoms with Gasteiger partial charge in [0.15, 0.2) is 5.76 Å². The van der Waals surface area contributed by atoms with Gasteiger partial charge in [-0.1, -0.05) is 13.8 Å².